The Morgan fingerprint density at radius 1 is 1.10 bits per heavy atom. The highest BCUT2D eigenvalue weighted by molar-refractivity contribution is 5.61. The lowest BCUT2D eigenvalue weighted by Crippen LogP contribution is -2.35. The Morgan fingerprint density at radius 3 is 2.74 bits per heavy atom. The lowest BCUT2D eigenvalue weighted by atomic mass is 9.98. The topological polar surface area (TPSA) is 50.3 Å². The van der Waals surface area contributed by atoms with E-state index in [9.17, 15) is 4.39 Å². The van der Waals surface area contributed by atoms with Gasteiger partial charge in [0, 0.05) is 25.0 Å². The number of aromatic nitrogens is 2. The van der Waals surface area contributed by atoms with Gasteiger partial charge in [0.25, 0.3) is 0 Å². The van der Waals surface area contributed by atoms with Gasteiger partial charge in [0.05, 0.1) is 11.3 Å². The zero-order valence-electron chi connectivity index (χ0n) is 17.9. The van der Waals surface area contributed by atoms with Crippen LogP contribution in [0.3, 0.4) is 0 Å². The summed E-state index contributed by atoms with van der Waals surface area (Å²) in [5.74, 6) is 0.837. The van der Waals surface area contributed by atoms with Crippen molar-refractivity contribution in [2.45, 2.75) is 57.8 Å². The number of nitrogens with one attached hydrogen (secondary N) is 1. The number of halogens is 1. The molecule has 0 spiro atoms. The Morgan fingerprint density at radius 2 is 1.94 bits per heavy atom. The molecule has 0 amide bonds. The van der Waals surface area contributed by atoms with E-state index in [-0.39, 0.29) is 11.9 Å². The maximum absolute atomic E-state index is 14.3. The summed E-state index contributed by atoms with van der Waals surface area (Å²) in [7, 11) is 0. The molecule has 1 N–H and O–H groups in total. The van der Waals surface area contributed by atoms with Crippen LogP contribution in [0.4, 0.5) is 15.9 Å². The van der Waals surface area contributed by atoms with E-state index in [1.165, 1.54) is 24.4 Å². The first-order valence-electron chi connectivity index (χ1n) is 10.9. The highest BCUT2D eigenvalue weighted by Gasteiger charge is 2.47. The second kappa shape index (κ2) is 8.27. The fraction of sp³-hybridized carbons (Fsp3) is 0.360. The summed E-state index contributed by atoms with van der Waals surface area (Å²) >= 11 is 0. The molecular weight excluding hydrogens is 391 g/mol. The lowest BCUT2D eigenvalue weighted by molar-refractivity contribution is 0.134. The molecule has 0 saturated carbocycles. The van der Waals surface area contributed by atoms with Crippen LogP contribution in [0.15, 0.2) is 54.9 Å². The van der Waals surface area contributed by atoms with Crippen molar-refractivity contribution in [3.63, 3.8) is 0 Å². The summed E-state index contributed by atoms with van der Waals surface area (Å²) in [5.41, 5.74) is 3.40. The van der Waals surface area contributed by atoms with Crippen molar-refractivity contribution in [1.29, 1.82) is 0 Å². The summed E-state index contributed by atoms with van der Waals surface area (Å²) in [6.07, 6.45) is 4.97. The summed E-state index contributed by atoms with van der Waals surface area (Å²) < 4.78 is 20.7. The van der Waals surface area contributed by atoms with Crippen molar-refractivity contribution in [2.24, 2.45) is 0 Å². The molecule has 3 unspecified atom stereocenters. The Kier molecular flexibility index (Phi) is 5.32. The highest BCUT2D eigenvalue weighted by Crippen LogP contribution is 2.41. The standard InChI is InChI=1S/C25H27FN4O/c1-16-8-10-21(20(26)12-16)29-24-17(2)25(28-15-27-24)31-23-13-19-9-11-22(23)30(19)14-18-6-4-3-5-7-18/h3-8,10,12,15,19,22-23H,9,11,13-14H2,1-2H3,(H,27,28,29). The molecule has 3 atom stereocenters. The van der Waals surface area contributed by atoms with Gasteiger partial charge in [0.2, 0.25) is 5.88 Å². The van der Waals surface area contributed by atoms with E-state index in [1.807, 2.05) is 19.9 Å². The maximum Gasteiger partial charge on any atom is 0.221 e. The Bertz CT molecular complexity index is 1070. The van der Waals surface area contributed by atoms with Crippen LogP contribution in [-0.2, 0) is 6.54 Å². The number of hydrogen-bond donors (Lipinski definition) is 1. The molecule has 2 aliphatic heterocycles. The summed E-state index contributed by atoms with van der Waals surface area (Å²) in [6.45, 7) is 4.74. The van der Waals surface area contributed by atoms with Crippen LogP contribution in [0.1, 0.15) is 36.0 Å². The average molecular weight is 419 g/mol. The molecular formula is C25H27FN4O. The molecule has 1 aromatic heterocycles. The monoisotopic (exact) mass is 418 g/mol. The minimum atomic E-state index is -0.301. The van der Waals surface area contributed by atoms with Gasteiger partial charge in [-0.15, -0.1) is 0 Å². The first-order valence-corrected chi connectivity index (χ1v) is 10.9. The van der Waals surface area contributed by atoms with Gasteiger partial charge in [0.1, 0.15) is 24.1 Å². The van der Waals surface area contributed by atoms with E-state index in [2.05, 4.69) is 50.5 Å². The molecule has 3 heterocycles. The van der Waals surface area contributed by atoms with Crippen molar-refractivity contribution in [2.75, 3.05) is 5.32 Å². The van der Waals surface area contributed by atoms with Crippen molar-refractivity contribution in [1.82, 2.24) is 14.9 Å². The first kappa shape index (κ1) is 19.9. The summed E-state index contributed by atoms with van der Waals surface area (Å²) in [6, 6.07) is 16.7. The quantitative estimate of drug-likeness (QED) is 0.599. The van der Waals surface area contributed by atoms with Crippen LogP contribution in [0, 0.1) is 19.7 Å². The van der Waals surface area contributed by atoms with Crippen LogP contribution < -0.4 is 10.1 Å². The molecule has 5 rings (SSSR count). The molecule has 0 radical (unpaired) electrons. The highest BCUT2D eigenvalue weighted by atomic mass is 19.1. The second-order valence-electron chi connectivity index (χ2n) is 8.61. The third-order valence-electron chi connectivity index (χ3n) is 6.51. The average Bonchev–Trinajstić information content (AvgIpc) is 3.29. The molecule has 2 aromatic carbocycles. The Balaban J connectivity index is 1.31. The molecule has 0 aliphatic carbocycles. The van der Waals surface area contributed by atoms with Crippen LogP contribution in [0.5, 0.6) is 5.88 Å². The second-order valence-corrected chi connectivity index (χ2v) is 8.61. The molecule has 3 aromatic rings. The van der Waals surface area contributed by atoms with Crippen LogP contribution >= 0.6 is 0 Å². The van der Waals surface area contributed by atoms with E-state index >= 15 is 0 Å². The third-order valence-corrected chi connectivity index (χ3v) is 6.51. The maximum atomic E-state index is 14.3. The zero-order valence-corrected chi connectivity index (χ0v) is 17.9. The predicted molar refractivity (Wildman–Crippen MR) is 119 cm³/mol. The number of benzene rings is 2. The molecule has 160 valence electrons. The lowest BCUT2D eigenvalue weighted by Gasteiger charge is -2.25. The van der Waals surface area contributed by atoms with Crippen LogP contribution in [0.2, 0.25) is 0 Å². The first-order chi connectivity index (χ1) is 15.1. The van der Waals surface area contributed by atoms with Crippen LogP contribution in [-0.4, -0.2) is 33.1 Å². The van der Waals surface area contributed by atoms with Crippen molar-refractivity contribution in [3.05, 3.63) is 77.4 Å². The minimum absolute atomic E-state index is 0.111. The van der Waals surface area contributed by atoms with Gasteiger partial charge in [-0.2, -0.15) is 0 Å². The van der Waals surface area contributed by atoms with E-state index in [0.717, 1.165) is 30.5 Å². The number of ether oxygens (including phenoxy) is 1. The van der Waals surface area contributed by atoms with Gasteiger partial charge in [-0.25, -0.2) is 14.4 Å². The predicted octanol–water partition coefficient (Wildman–Crippen LogP) is 5.16. The molecule has 5 nitrogen and oxygen atoms in total. The third kappa shape index (κ3) is 4.00. The fourth-order valence-corrected chi connectivity index (χ4v) is 4.88. The van der Waals surface area contributed by atoms with Gasteiger partial charge in [-0.05, 0) is 49.9 Å². The normalized spacial score (nSPS) is 22.6. The number of aryl methyl sites for hydroxylation is 1. The summed E-state index contributed by atoms with van der Waals surface area (Å²) in [4.78, 5) is 11.3. The van der Waals surface area contributed by atoms with E-state index in [1.54, 1.807) is 6.07 Å². The number of rotatable bonds is 6. The number of nitrogens with zero attached hydrogens (tertiary/aromatic N) is 3. The van der Waals surface area contributed by atoms with Gasteiger partial charge >= 0.3 is 0 Å². The molecule has 2 bridgehead atoms. The van der Waals surface area contributed by atoms with Gasteiger partial charge < -0.3 is 10.1 Å². The number of hydrogen-bond acceptors (Lipinski definition) is 5. The van der Waals surface area contributed by atoms with Gasteiger partial charge in [-0.1, -0.05) is 36.4 Å². The summed E-state index contributed by atoms with van der Waals surface area (Å²) in [5, 5.41) is 3.09. The van der Waals surface area contributed by atoms with E-state index in [4.69, 9.17) is 4.74 Å². The Labute approximate surface area is 182 Å². The van der Waals surface area contributed by atoms with E-state index < -0.39 is 0 Å². The molecule has 6 heteroatoms. The number of anilines is 2. The van der Waals surface area contributed by atoms with Gasteiger partial charge in [-0.3, -0.25) is 4.90 Å². The fourth-order valence-electron chi connectivity index (χ4n) is 4.88. The van der Waals surface area contributed by atoms with Crippen LogP contribution in [0.25, 0.3) is 0 Å². The minimum Gasteiger partial charge on any atom is -0.472 e. The molecule has 31 heavy (non-hydrogen) atoms. The Hall–Kier alpha value is -2.99. The number of fused-ring (bicyclic) bond motifs is 2. The smallest absolute Gasteiger partial charge is 0.221 e. The molecule has 2 aliphatic rings. The van der Waals surface area contributed by atoms with Crippen molar-refractivity contribution in [3.8, 4) is 5.88 Å². The molecule has 2 saturated heterocycles. The largest absolute Gasteiger partial charge is 0.472 e. The van der Waals surface area contributed by atoms with Crippen molar-refractivity contribution >= 4 is 11.5 Å². The zero-order chi connectivity index (χ0) is 21.4. The van der Waals surface area contributed by atoms with Crippen molar-refractivity contribution < 1.29 is 9.13 Å². The van der Waals surface area contributed by atoms with E-state index in [0.29, 0.717) is 29.5 Å². The molecule has 2 fully saturated rings. The SMILES string of the molecule is Cc1ccc(Nc2ncnc(OC3CC4CCC3N4Cc3ccccc3)c2C)c(F)c1. The van der Waals surface area contributed by atoms with Gasteiger partial charge in [0.15, 0.2) is 0 Å².